The van der Waals surface area contributed by atoms with Crippen LogP contribution in [0, 0.1) is 0 Å². The molecule has 0 unspecified atom stereocenters. The van der Waals surface area contributed by atoms with Crippen LogP contribution in [0.2, 0.25) is 0 Å². The molecule has 0 atom stereocenters. The zero-order valence-electron chi connectivity index (χ0n) is 17.1. The summed E-state index contributed by atoms with van der Waals surface area (Å²) >= 11 is 0. The molecule has 0 spiro atoms. The topological polar surface area (TPSA) is 46.5 Å². The van der Waals surface area contributed by atoms with Crippen LogP contribution in [0.25, 0.3) is 0 Å². The van der Waals surface area contributed by atoms with E-state index in [0.717, 1.165) is 12.8 Å². The Kier molecular flexibility index (Phi) is 14.1. The van der Waals surface area contributed by atoms with Crippen molar-refractivity contribution in [3.63, 3.8) is 0 Å². The van der Waals surface area contributed by atoms with Crippen LogP contribution in [-0.4, -0.2) is 17.7 Å². The minimum absolute atomic E-state index is 0.150. The molecule has 0 fully saturated rings. The lowest BCUT2D eigenvalue weighted by Crippen LogP contribution is -2.05. The second-order valence-corrected chi connectivity index (χ2v) is 7.27. The number of carbonyl (C=O) groups excluding carboxylic acids is 1. The minimum atomic E-state index is -0.339. The molecule has 0 aliphatic heterocycles. The Bertz CT molecular complexity index is 505. The van der Waals surface area contributed by atoms with Gasteiger partial charge in [0.2, 0.25) is 0 Å². The molecule has 1 aromatic carbocycles. The SMILES string of the molecule is CCCCCCCCCCCCC/C=C/CCOC(=O)c1ccc(O)cc1. The van der Waals surface area contributed by atoms with E-state index in [1.807, 2.05) is 0 Å². The summed E-state index contributed by atoms with van der Waals surface area (Å²) in [4.78, 5) is 11.8. The fourth-order valence-electron chi connectivity index (χ4n) is 3.06. The maximum Gasteiger partial charge on any atom is 0.338 e. The van der Waals surface area contributed by atoms with Crippen LogP contribution >= 0.6 is 0 Å². The Morgan fingerprint density at radius 3 is 1.93 bits per heavy atom. The number of phenols is 1. The number of esters is 1. The van der Waals surface area contributed by atoms with E-state index in [9.17, 15) is 9.90 Å². The average molecular weight is 375 g/mol. The van der Waals surface area contributed by atoms with Crippen LogP contribution in [0.1, 0.15) is 101 Å². The smallest absolute Gasteiger partial charge is 0.338 e. The van der Waals surface area contributed by atoms with Crippen LogP contribution in [0.15, 0.2) is 36.4 Å². The van der Waals surface area contributed by atoms with Gasteiger partial charge >= 0.3 is 5.97 Å². The summed E-state index contributed by atoms with van der Waals surface area (Å²) in [6.07, 6.45) is 21.2. The third-order valence-corrected chi connectivity index (χ3v) is 4.76. The van der Waals surface area contributed by atoms with Crippen molar-refractivity contribution < 1.29 is 14.6 Å². The van der Waals surface area contributed by atoms with Crippen molar-refractivity contribution in [1.29, 1.82) is 0 Å². The summed E-state index contributed by atoms with van der Waals surface area (Å²) in [5, 5.41) is 9.20. The number of ether oxygens (including phenoxy) is 1. The molecule has 1 aromatic rings. The van der Waals surface area contributed by atoms with Crippen molar-refractivity contribution in [2.45, 2.75) is 90.4 Å². The lowest BCUT2D eigenvalue weighted by molar-refractivity contribution is 0.0511. The molecule has 3 nitrogen and oxygen atoms in total. The van der Waals surface area contributed by atoms with E-state index >= 15 is 0 Å². The second-order valence-electron chi connectivity index (χ2n) is 7.27. The van der Waals surface area contributed by atoms with Gasteiger partial charge in [0, 0.05) is 0 Å². The number of phenolic OH excluding ortho intramolecular Hbond substituents is 1. The molecule has 1 rings (SSSR count). The van der Waals surface area contributed by atoms with Crippen molar-refractivity contribution in [2.24, 2.45) is 0 Å². The van der Waals surface area contributed by atoms with Gasteiger partial charge in [-0.15, -0.1) is 0 Å². The van der Waals surface area contributed by atoms with Gasteiger partial charge in [0.1, 0.15) is 5.75 Å². The minimum Gasteiger partial charge on any atom is -0.508 e. The average Bonchev–Trinajstić information content (AvgIpc) is 2.68. The van der Waals surface area contributed by atoms with Crippen LogP contribution in [-0.2, 0) is 4.74 Å². The van der Waals surface area contributed by atoms with Gasteiger partial charge in [0.05, 0.1) is 12.2 Å². The summed E-state index contributed by atoms with van der Waals surface area (Å²) in [5.41, 5.74) is 0.470. The molecule has 0 radical (unpaired) electrons. The van der Waals surface area contributed by atoms with Gasteiger partial charge in [-0.05, 0) is 43.5 Å². The lowest BCUT2D eigenvalue weighted by atomic mass is 10.1. The molecular weight excluding hydrogens is 336 g/mol. The van der Waals surface area contributed by atoms with Crippen LogP contribution in [0.4, 0.5) is 0 Å². The Labute approximate surface area is 165 Å². The maximum atomic E-state index is 11.8. The van der Waals surface area contributed by atoms with Gasteiger partial charge in [-0.3, -0.25) is 0 Å². The molecule has 0 saturated heterocycles. The first kappa shape index (κ1) is 23.3. The highest BCUT2D eigenvalue weighted by atomic mass is 16.5. The number of hydrogen-bond donors (Lipinski definition) is 1. The van der Waals surface area contributed by atoms with Crippen molar-refractivity contribution in [3.8, 4) is 5.75 Å². The van der Waals surface area contributed by atoms with E-state index in [0.29, 0.717) is 12.2 Å². The largest absolute Gasteiger partial charge is 0.508 e. The van der Waals surface area contributed by atoms with Crippen LogP contribution in [0.3, 0.4) is 0 Å². The van der Waals surface area contributed by atoms with Crippen molar-refractivity contribution in [3.05, 3.63) is 42.0 Å². The normalized spacial score (nSPS) is 11.1. The number of benzene rings is 1. The summed E-state index contributed by atoms with van der Waals surface area (Å²) in [7, 11) is 0. The van der Waals surface area contributed by atoms with E-state index in [2.05, 4.69) is 19.1 Å². The first-order valence-corrected chi connectivity index (χ1v) is 10.8. The molecule has 0 saturated carbocycles. The van der Waals surface area contributed by atoms with E-state index in [4.69, 9.17) is 4.74 Å². The molecule has 0 aliphatic carbocycles. The third kappa shape index (κ3) is 13.1. The fourth-order valence-corrected chi connectivity index (χ4v) is 3.06. The molecule has 0 heterocycles. The molecular formula is C24H38O3. The molecule has 27 heavy (non-hydrogen) atoms. The Hall–Kier alpha value is -1.77. The number of rotatable bonds is 16. The number of carbonyl (C=O) groups is 1. The highest BCUT2D eigenvalue weighted by molar-refractivity contribution is 5.89. The van der Waals surface area contributed by atoms with Gasteiger partial charge in [-0.2, -0.15) is 0 Å². The summed E-state index contributed by atoms with van der Waals surface area (Å²) in [6, 6.07) is 6.12. The van der Waals surface area contributed by atoms with Crippen LogP contribution < -0.4 is 0 Å². The molecule has 1 N–H and O–H groups in total. The molecule has 0 bridgehead atoms. The van der Waals surface area contributed by atoms with Gasteiger partial charge in [-0.25, -0.2) is 4.79 Å². The summed E-state index contributed by atoms with van der Waals surface area (Å²) in [5.74, 6) is -0.189. The van der Waals surface area contributed by atoms with Gasteiger partial charge in [-0.1, -0.05) is 83.3 Å². The zero-order valence-corrected chi connectivity index (χ0v) is 17.1. The Morgan fingerprint density at radius 2 is 1.33 bits per heavy atom. The van der Waals surface area contributed by atoms with Crippen LogP contribution in [0.5, 0.6) is 5.75 Å². The molecule has 0 amide bonds. The number of unbranched alkanes of at least 4 members (excludes halogenated alkanes) is 11. The van der Waals surface area contributed by atoms with Crippen molar-refractivity contribution >= 4 is 5.97 Å². The Morgan fingerprint density at radius 1 is 0.815 bits per heavy atom. The van der Waals surface area contributed by atoms with E-state index in [-0.39, 0.29) is 11.7 Å². The lowest BCUT2D eigenvalue weighted by Gasteiger charge is -2.03. The summed E-state index contributed by atoms with van der Waals surface area (Å²) in [6.45, 7) is 2.66. The quantitative estimate of drug-likeness (QED) is 0.189. The molecule has 152 valence electrons. The van der Waals surface area contributed by atoms with Gasteiger partial charge in [0.15, 0.2) is 0 Å². The predicted molar refractivity (Wildman–Crippen MR) is 113 cm³/mol. The van der Waals surface area contributed by atoms with Gasteiger partial charge < -0.3 is 9.84 Å². The van der Waals surface area contributed by atoms with E-state index in [1.165, 1.54) is 82.8 Å². The maximum absolute atomic E-state index is 11.8. The Balaban J connectivity index is 1.86. The number of hydrogen-bond acceptors (Lipinski definition) is 3. The van der Waals surface area contributed by atoms with E-state index in [1.54, 1.807) is 12.1 Å². The number of allylic oxidation sites excluding steroid dienone is 1. The standard InChI is InChI=1S/C24H38O3/c1-2-3-4-5-6-7-8-9-10-11-12-13-14-15-16-21-27-24(26)22-17-19-23(25)20-18-22/h14-15,17-20,25H,2-13,16,21H2,1H3/b15-14+. The molecule has 0 aromatic heterocycles. The first-order chi connectivity index (χ1) is 13.2. The highest BCUT2D eigenvalue weighted by Crippen LogP contribution is 2.12. The van der Waals surface area contributed by atoms with E-state index < -0.39 is 0 Å². The fraction of sp³-hybridized carbons (Fsp3) is 0.625. The zero-order chi connectivity index (χ0) is 19.6. The predicted octanol–water partition coefficient (Wildman–Crippen LogP) is 7.20. The summed E-state index contributed by atoms with van der Waals surface area (Å²) < 4.78 is 5.21. The molecule has 0 aliphatic rings. The van der Waals surface area contributed by atoms with Crippen molar-refractivity contribution in [1.82, 2.24) is 0 Å². The molecule has 3 heteroatoms. The van der Waals surface area contributed by atoms with Crippen molar-refractivity contribution in [2.75, 3.05) is 6.61 Å². The third-order valence-electron chi connectivity index (χ3n) is 4.76. The monoisotopic (exact) mass is 374 g/mol. The van der Waals surface area contributed by atoms with Gasteiger partial charge in [0.25, 0.3) is 0 Å². The second kappa shape index (κ2) is 16.4. The first-order valence-electron chi connectivity index (χ1n) is 10.8. The number of aromatic hydroxyl groups is 1. The highest BCUT2D eigenvalue weighted by Gasteiger charge is 2.05.